The number of carbonyl (C=O) groups excluding carboxylic acids is 1. The number of nitrogens with two attached hydrogens (primary N) is 1. The molecule has 20 heavy (non-hydrogen) atoms. The molecular weight excluding hydrogens is 264 g/mol. The number of aliphatic hydroxyl groups excluding tert-OH is 1. The van der Waals surface area contributed by atoms with Crippen molar-refractivity contribution in [3.05, 3.63) is 33.9 Å². The molecule has 2 rings (SSSR count). The number of aliphatic hydroxyl groups is 1. The third-order valence-corrected chi connectivity index (χ3v) is 3.28. The number of nitrogens with one attached hydrogen (secondary N) is 1. The molecular formula is C12H16N4O4. The van der Waals surface area contributed by atoms with Gasteiger partial charge in [0.1, 0.15) is 5.69 Å². The van der Waals surface area contributed by atoms with Gasteiger partial charge in [-0.3, -0.25) is 20.8 Å². The highest BCUT2D eigenvalue weighted by Crippen LogP contribution is 2.25. The van der Waals surface area contributed by atoms with Crippen molar-refractivity contribution in [2.75, 3.05) is 18.5 Å². The lowest BCUT2D eigenvalue weighted by atomic mass is 10.1. The third-order valence-electron chi connectivity index (χ3n) is 3.28. The molecule has 8 heteroatoms. The van der Waals surface area contributed by atoms with Gasteiger partial charge >= 0.3 is 0 Å². The largest absolute Gasteiger partial charge is 0.391 e. The second-order valence-electron chi connectivity index (χ2n) is 4.68. The van der Waals surface area contributed by atoms with Crippen LogP contribution in [0.3, 0.4) is 0 Å². The highest BCUT2D eigenvalue weighted by Gasteiger charge is 2.24. The van der Waals surface area contributed by atoms with Gasteiger partial charge in [-0.05, 0) is 25.0 Å². The number of nitro benzene ring substituents is 1. The molecule has 1 amide bonds. The van der Waals surface area contributed by atoms with Crippen LogP contribution in [0.15, 0.2) is 18.2 Å². The summed E-state index contributed by atoms with van der Waals surface area (Å²) in [6, 6.07) is 3.98. The fourth-order valence-corrected chi connectivity index (χ4v) is 2.27. The lowest BCUT2D eigenvalue weighted by Gasteiger charge is -2.30. The van der Waals surface area contributed by atoms with Gasteiger partial charge in [0.2, 0.25) is 0 Å². The van der Waals surface area contributed by atoms with E-state index in [1.165, 1.54) is 23.1 Å². The molecule has 1 aromatic rings. The van der Waals surface area contributed by atoms with Crippen molar-refractivity contribution in [1.29, 1.82) is 0 Å². The first-order chi connectivity index (χ1) is 9.52. The van der Waals surface area contributed by atoms with E-state index in [0.717, 1.165) is 6.42 Å². The van der Waals surface area contributed by atoms with E-state index in [0.29, 0.717) is 18.5 Å². The van der Waals surface area contributed by atoms with Crippen LogP contribution in [0.4, 0.5) is 11.4 Å². The van der Waals surface area contributed by atoms with Crippen LogP contribution in [0.1, 0.15) is 23.2 Å². The van der Waals surface area contributed by atoms with Crippen molar-refractivity contribution < 1.29 is 14.8 Å². The molecule has 0 aliphatic carbocycles. The maximum atomic E-state index is 12.3. The molecule has 1 saturated heterocycles. The summed E-state index contributed by atoms with van der Waals surface area (Å²) < 4.78 is 0. The van der Waals surface area contributed by atoms with Crippen molar-refractivity contribution in [1.82, 2.24) is 4.90 Å². The van der Waals surface area contributed by atoms with Crippen LogP contribution in [0.5, 0.6) is 0 Å². The molecule has 0 spiro atoms. The predicted octanol–water partition coefficient (Wildman–Crippen LogP) is 0.477. The highest BCUT2D eigenvalue weighted by molar-refractivity contribution is 5.96. The number of carbonyl (C=O) groups is 1. The normalized spacial score (nSPS) is 18.7. The standard InChI is InChI=1S/C12H16N4O4/c13-14-10-6-8(3-4-11(10)16(19)20)12(18)15-5-1-2-9(17)7-15/h3-4,6,9,14,17H,1-2,5,7,13H2. The minimum Gasteiger partial charge on any atom is -0.391 e. The molecule has 0 saturated carbocycles. The summed E-state index contributed by atoms with van der Waals surface area (Å²) in [5.74, 6) is 4.97. The van der Waals surface area contributed by atoms with E-state index < -0.39 is 11.0 Å². The maximum absolute atomic E-state index is 12.3. The van der Waals surface area contributed by atoms with Crippen LogP contribution < -0.4 is 11.3 Å². The number of hydrazine groups is 1. The van der Waals surface area contributed by atoms with E-state index in [-0.39, 0.29) is 23.8 Å². The van der Waals surface area contributed by atoms with Gasteiger partial charge in [0, 0.05) is 24.7 Å². The molecule has 8 nitrogen and oxygen atoms in total. The summed E-state index contributed by atoms with van der Waals surface area (Å²) >= 11 is 0. The molecule has 1 aromatic carbocycles. The van der Waals surface area contributed by atoms with Crippen LogP contribution in [0, 0.1) is 10.1 Å². The molecule has 1 fully saturated rings. The number of piperidine rings is 1. The van der Waals surface area contributed by atoms with E-state index in [2.05, 4.69) is 5.43 Å². The molecule has 1 unspecified atom stereocenters. The lowest BCUT2D eigenvalue weighted by molar-refractivity contribution is -0.384. The Balaban J connectivity index is 2.24. The second kappa shape index (κ2) is 5.85. The van der Waals surface area contributed by atoms with E-state index >= 15 is 0 Å². The molecule has 1 aliphatic rings. The summed E-state index contributed by atoms with van der Waals surface area (Å²) in [6.45, 7) is 0.847. The van der Waals surface area contributed by atoms with Gasteiger partial charge in [0.15, 0.2) is 0 Å². The van der Waals surface area contributed by atoms with E-state index in [9.17, 15) is 20.0 Å². The Kier molecular flexibility index (Phi) is 4.16. The number of nitrogen functional groups attached to an aromatic ring is 1. The average molecular weight is 280 g/mol. The van der Waals surface area contributed by atoms with Gasteiger partial charge in [-0.2, -0.15) is 0 Å². The van der Waals surface area contributed by atoms with Crippen molar-refractivity contribution in [2.45, 2.75) is 18.9 Å². The first-order valence-corrected chi connectivity index (χ1v) is 6.25. The Morgan fingerprint density at radius 1 is 1.55 bits per heavy atom. The smallest absolute Gasteiger partial charge is 0.293 e. The molecule has 108 valence electrons. The van der Waals surface area contributed by atoms with Gasteiger partial charge in [-0.15, -0.1) is 0 Å². The minimum atomic E-state index is -0.575. The fourth-order valence-electron chi connectivity index (χ4n) is 2.27. The van der Waals surface area contributed by atoms with Crippen LogP contribution in [-0.2, 0) is 0 Å². The number of likely N-dealkylation sites (tertiary alicyclic amines) is 1. The number of hydrogen-bond acceptors (Lipinski definition) is 6. The summed E-state index contributed by atoms with van der Waals surface area (Å²) in [5.41, 5.74) is 2.42. The lowest BCUT2D eigenvalue weighted by Crippen LogP contribution is -2.42. The Morgan fingerprint density at radius 2 is 2.30 bits per heavy atom. The Bertz CT molecular complexity index is 534. The summed E-state index contributed by atoms with van der Waals surface area (Å²) in [7, 11) is 0. The monoisotopic (exact) mass is 280 g/mol. The topological polar surface area (TPSA) is 122 Å². The number of nitro groups is 1. The molecule has 1 heterocycles. The SMILES string of the molecule is NNc1cc(C(=O)N2CCCC(O)C2)ccc1[N+](=O)[O-]. The van der Waals surface area contributed by atoms with E-state index in [1.807, 2.05) is 0 Å². The van der Waals surface area contributed by atoms with Crippen molar-refractivity contribution >= 4 is 17.3 Å². The van der Waals surface area contributed by atoms with Crippen molar-refractivity contribution in [3.63, 3.8) is 0 Å². The van der Waals surface area contributed by atoms with Crippen LogP contribution in [-0.4, -0.2) is 40.0 Å². The summed E-state index contributed by atoms with van der Waals surface area (Å²) in [5, 5.41) is 20.4. The van der Waals surface area contributed by atoms with Gasteiger partial charge in [-0.25, -0.2) is 0 Å². The number of β-amino-alcohol motifs (C(OH)–C–C–N with tert-alkyl or cyclic N) is 1. The Morgan fingerprint density at radius 3 is 2.90 bits per heavy atom. The summed E-state index contributed by atoms with van der Waals surface area (Å²) in [6.07, 6.45) is 0.902. The van der Waals surface area contributed by atoms with Gasteiger partial charge < -0.3 is 15.4 Å². The maximum Gasteiger partial charge on any atom is 0.293 e. The minimum absolute atomic E-state index is 0.0819. The average Bonchev–Trinajstić information content (AvgIpc) is 2.45. The zero-order chi connectivity index (χ0) is 14.7. The van der Waals surface area contributed by atoms with Gasteiger partial charge in [0.25, 0.3) is 11.6 Å². The first kappa shape index (κ1) is 14.2. The molecule has 4 N–H and O–H groups in total. The van der Waals surface area contributed by atoms with Gasteiger partial charge in [0.05, 0.1) is 11.0 Å². The van der Waals surface area contributed by atoms with Crippen LogP contribution >= 0.6 is 0 Å². The number of anilines is 1. The van der Waals surface area contributed by atoms with E-state index in [1.54, 1.807) is 0 Å². The number of benzene rings is 1. The van der Waals surface area contributed by atoms with E-state index in [4.69, 9.17) is 5.84 Å². The van der Waals surface area contributed by atoms with Gasteiger partial charge in [-0.1, -0.05) is 0 Å². The number of rotatable bonds is 3. The third kappa shape index (κ3) is 2.86. The molecule has 1 atom stereocenters. The van der Waals surface area contributed by atoms with Crippen molar-refractivity contribution in [3.8, 4) is 0 Å². The Hall–Kier alpha value is -2.19. The van der Waals surface area contributed by atoms with Crippen LogP contribution in [0.25, 0.3) is 0 Å². The zero-order valence-electron chi connectivity index (χ0n) is 10.8. The summed E-state index contributed by atoms with van der Waals surface area (Å²) in [4.78, 5) is 24.0. The van der Waals surface area contributed by atoms with Crippen molar-refractivity contribution in [2.24, 2.45) is 5.84 Å². The number of nitrogens with zero attached hydrogens (tertiary/aromatic N) is 2. The van der Waals surface area contributed by atoms with Crippen LogP contribution in [0.2, 0.25) is 0 Å². The molecule has 1 aliphatic heterocycles. The first-order valence-electron chi connectivity index (χ1n) is 6.25. The zero-order valence-corrected chi connectivity index (χ0v) is 10.8. The number of amides is 1. The fraction of sp³-hybridized carbons (Fsp3) is 0.417. The number of hydrogen-bond donors (Lipinski definition) is 3. The molecule has 0 radical (unpaired) electrons. The molecule has 0 bridgehead atoms. The molecule has 0 aromatic heterocycles. The quantitative estimate of drug-likeness (QED) is 0.420. The second-order valence-corrected chi connectivity index (χ2v) is 4.68. The Labute approximate surface area is 115 Å². The predicted molar refractivity (Wildman–Crippen MR) is 72.1 cm³/mol. The highest BCUT2D eigenvalue weighted by atomic mass is 16.6.